The number of rotatable bonds is 7. The van der Waals surface area contributed by atoms with Crippen molar-refractivity contribution >= 4 is 0 Å². The molecule has 1 unspecified atom stereocenters. The molecule has 0 fully saturated rings. The Hall–Kier alpha value is -0.200. The Balaban J connectivity index is 3.77. The lowest BCUT2D eigenvalue weighted by Gasteiger charge is -2.29. The van der Waals surface area contributed by atoms with Gasteiger partial charge in [0.1, 0.15) is 0 Å². The van der Waals surface area contributed by atoms with Crippen molar-refractivity contribution in [2.75, 3.05) is 47.8 Å². The number of nitrogens with one attached hydrogen (secondary N) is 2. The average Bonchev–Trinajstić information content (AvgIpc) is 2.09. The van der Waals surface area contributed by atoms with Crippen molar-refractivity contribution in [1.82, 2.24) is 20.5 Å². The molecule has 0 spiro atoms. The van der Waals surface area contributed by atoms with Crippen LogP contribution in [-0.4, -0.2) is 63.9 Å². The van der Waals surface area contributed by atoms with Gasteiger partial charge in [-0.2, -0.15) is 0 Å². The molecular weight excluding hydrogens is 166 g/mol. The third-order valence-corrected chi connectivity index (χ3v) is 2.04. The summed E-state index contributed by atoms with van der Waals surface area (Å²) in [6.45, 7) is 2.82. The van der Waals surface area contributed by atoms with Gasteiger partial charge < -0.3 is 10.6 Å². The van der Waals surface area contributed by atoms with Crippen molar-refractivity contribution in [3.8, 4) is 0 Å². The second-order valence-corrected chi connectivity index (χ2v) is 3.33. The first-order valence-corrected chi connectivity index (χ1v) is 4.59. The van der Waals surface area contributed by atoms with Gasteiger partial charge in [0.15, 0.2) is 0 Å². The van der Waals surface area contributed by atoms with Gasteiger partial charge in [-0.15, -0.1) is 0 Å². The maximum atomic E-state index is 5.59. The van der Waals surface area contributed by atoms with Crippen LogP contribution in [0.1, 0.15) is 0 Å². The number of hydrogen-bond donors (Lipinski definition) is 3. The van der Waals surface area contributed by atoms with E-state index in [4.69, 9.17) is 5.84 Å². The lowest BCUT2D eigenvalue weighted by Crippen LogP contribution is -2.51. The van der Waals surface area contributed by atoms with Gasteiger partial charge in [0.2, 0.25) is 0 Å². The second-order valence-electron chi connectivity index (χ2n) is 3.33. The topological polar surface area (TPSA) is 56.6 Å². The molecule has 0 aliphatic carbocycles. The van der Waals surface area contributed by atoms with Crippen molar-refractivity contribution < 1.29 is 0 Å². The number of nitrogens with two attached hydrogens (primary N) is 1. The summed E-state index contributed by atoms with van der Waals surface area (Å²) in [7, 11) is 7.86. The van der Waals surface area contributed by atoms with Crippen LogP contribution in [0.2, 0.25) is 0 Å². The van der Waals surface area contributed by atoms with E-state index in [1.165, 1.54) is 0 Å². The van der Waals surface area contributed by atoms with Crippen LogP contribution in [0, 0.1) is 0 Å². The van der Waals surface area contributed by atoms with Crippen LogP contribution < -0.4 is 16.5 Å². The maximum absolute atomic E-state index is 5.59. The zero-order chi connectivity index (χ0) is 10.3. The smallest absolute Gasteiger partial charge is 0.0737 e. The Morgan fingerprint density at radius 1 is 1.31 bits per heavy atom. The predicted octanol–water partition coefficient (Wildman–Crippen LogP) is -1.51. The molecule has 5 nitrogen and oxygen atoms in total. The number of hydrazine groups is 1. The normalized spacial score (nSPS) is 14.1. The van der Waals surface area contributed by atoms with E-state index in [0.29, 0.717) is 6.17 Å². The first-order valence-electron chi connectivity index (χ1n) is 4.59. The summed E-state index contributed by atoms with van der Waals surface area (Å²) in [5.74, 6) is 5.59. The molecule has 1 atom stereocenters. The minimum atomic E-state index is 0.309. The van der Waals surface area contributed by atoms with Crippen LogP contribution in [-0.2, 0) is 0 Å². The fourth-order valence-corrected chi connectivity index (χ4v) is 1.17. The molecule has 0 bridgehead atoms. The van der Waals surface area contributed by atoms with Gasteiger partial charge >= 0.3 is 0 Å². The number of likely N-dealkylation sites (N-methyl/N-ethyl adjacent to an activating group) is 4. The molecule has 0 aromatic carbocycles. The molecule has 0 radical (unpaired) electrons. The van der Waals surface area contributed by atoms with Crippen molar-refractivity contribution in [3.05, 3.63) is 0 Å². The van der Waals surface area contributed by atoms with Crippen LogP contribution in [0.25, 0.3) is 0 Å². The highest BCUT2D eigenvalue weighted by Gasteiger charge is 2.12. The quantitative estimate of drug-likeness (QED) is 0.258. The molecule has 0 amide bonds. The molecule has 0 saturated heterocycles. The standard InChI is InChI=1S/C8H23N5/c1-10-5-6-12(3)8(11-2)7-13(4)9/h8,10-11H,5-7,9H2,1-4H3. The number of nitrogens with zero attached hydrogens (tertiary/aromatic N) is 2. The second kappa shape index (κ2) is 7.23. The van der Waals surface area contributed by atoms with Gasteiger partial charge in [-0.05, 0) is 21.1 Å². The first kappa shape index (κ1) is 12.8. The number of hydrogen-bond acceptors (Lipinski definition) is 5. The monoisotopic (exact) mass is 189 g/mol. The molecule has 5 heteroatoms. The van der Waals surface area contributed by atoms with E-state index in [1.54, 1.807) is 5.01 Å². The predicted molar refractivity (Wildman–Crippen MR) is 56.2 cm³/mol. The Kier molecular flexibility index (Phi) is 7.12. The minimum absolute atomic E-state index is 0.309. The van der Waals surface area contributed by atoms with Gasteiger partial charge in [-0.1, -0.05) is 0 Å². The molecule has 0 rings (SSSR count). The third kappa shape index (κ3) is 5.95. The fourth-order valence-electron chi connectivity index (χ4n) is 1.17. The van der Waals surface area contributed by atoms with E-state index >= 15 is 0 Å². The van der Waals surface area contributed by atoms with Crippen molar-refractivity contribution in [2.45, 2.75) is 6.17 Å². The van der Waals surface area contributed by atoms with Crippen LogP contribution in [0.4, 0.5) is 0 Å². The highest BCUT2D eigenvalue weighted by atomic mass is 15.4. The van der Waals surface area contributed by atoms with E-state index in [1.807, 2.05) is 21.1 Å². The van der Waals surface area contributed by atoms with Crippen LogP contribution in [0.3, 0.4) is 0 Å². The lowest BCUT2D eigenvalue weighted by atomic mass is 10.4. The van der Waals surface area contributed by atoms with Crippen LogP contribution in [0.15, 0.2) is 0 Å². The zero-order valence-corrected chi connectivity index (χ0v) is 9.17. The van der Waals surface area contributed by atoms with E-state index in [-0.39, 0.29) is 0 Å². The summed E-state index contributed by atoms with van der Waals surface area (Å²) in [5, 5.41) is 8.03. The van der Waals surface area contributed by atoms with Gasteiger partial charge in [0.05, 0.1) is 6.17 Å². The summed E-state index contributed by atoms with van der Waals surface area (Å²) in [4.78, 5) is 2.24. The maximum Gasteiger partial charge on any atom is 0.0737 e. The molecule has 13 heavy (non-hydrogen) atoms. The summed E-state index contributed by atoms with van der Waals surface area (Å²) in [5.41, 5.74) is 0. The van der Waals surface area contributed by atoms with Gasteiger partial charge in [0, 0.05) is 26.7 Å². The molecule has 0 aromatic rings. The van der Waals surface area contributed by atoms with E-state index in [9.17, 15) is 0 Å². The van der Waals surface area contributed by atoms with Crippen molar-refractivity contribution in [2.24, 2.45) is 5.84 Å². The fraction of sp³-hybridized carbons (Fsp3) is 1.00. The first-order chi connectivity index (χ1) is 6.11. The largest absolute Gasteiger partial charge is 0.318 e. The highest BCUT2D eigenvalue weighted by Crippen LogP contribution is 1.91. The third-order valence-electron chi connectivity index (χ3n) is 2.04. The molecular formula is C8H23N5. The molecule has 0 aliphatic heterocycles. The van der Waals surface area contributed by atoms with E-state index in [0.717, 1.165) is 19.6 Å². The highest BCUT2D eigenvalue weighted by molar-refractivity contribution is 4.66. The molecule has 0 heterocycles. The van der Waals surface area contributed by atoms with Gasteiger partial charge in [-0.3, -0.25) is 10.7 Å². The van der Waals surface area contributed by atoms with Crippen molar-refractivity contribution in [1.29, 1.82) is 0 Å². The zero-order valence-electron chi connectivity index (χ0n) is 9.17. The summed E-state index contributed by atoms with van der Waals surface area (Å²) >= 11 is 0. The molecule has 0 aliphatic rings. The summed E-state index contributed by atoms with van der Waals surface area (Å²) in [6, 6.07) is 0. The SMILES string of the molecule is CNCCN(C)C(CN(C)N)NC. The van der Waals surface area contributed by atoms with E-state index < -0.39 is 0 Å². The Morgan fingerprint density at radius 2 is 1.92 bits per heavy atom. The average molecular weight is 189 g/mol. The summed E-state index contributed by atoms with van der Waals surface area (Å²) < 4.78 is 0. The lowest BCUT2D eigenvalue weighted by molar-refractivity contribution is 0.161. The minimum Gasteiger partial charge on any atom is -0.318 e. The Morgan fingerprint density at radius 3 is 2.31 bits per heavy atom. The van der Waals surface area contributed by atoms with Crippen LogP contribution >= 0.6 is 0 Å². The van der Waals surface area contributed by atoms with Gasteiger partial charge in [0.25, 0.3) is 0 Å². The Bertz CT molecular complexity index is 117. The molecule has 4 N–H and O–H groups in total. The summed E-state index contributed by atoms with van der Waals surface area (Å²) in [6.07, 6.45) is 0.309. The van der Waals surface area contributed by atoms with Gasteiger partial charge in [-0.25, -0.2) is 5.01 Å². The molecule has 80 valence electrons. The Labute approximate surface area is 81.2 Å². The molecule has 0 saturated carbocycles. The van der Waals surface area contributed by atoms with Crippen molar-refractivity contribution in [3.63, 3.8) is 0 Å². The van der Waals surface area contributed by atoms with Crippen LogP contribution in [0.5, 0.6) is 0 Å². The molecule has 0 aromatic heterocycles. The van der Waals surface area contributed by atoms with E-state index in [2.05, 4.69) is 22.6 Å².